The molecule has 0 bridgehead atoms. The van der Waals surface area contributed by atoms with Crippen LogP contribution in [0.2, 0.25) is 0 Å². The molecule has 1 atom stereocenters. The zero-order valence-corrected chi connectivity index (χ0v) is 8.65. The first-order valence-corrected chi connectivity index (χ1v) is 4.36. The van der Waals surface area contributed by atoms with Gasteiger partial charge in [0.1, 0.15) is 12.4 Å². The van der Waals surface area contributed by atoms with E-state index >= 15 is 0 Å². The maximum absolute atomic E-state index is 8.89. The van der Waals surface area contributed by atoms with E-state index in [1.165, 1.54) is 0 Å². The third kappa shape index (κ3) is 2.35. The summed E-state index contributed by atoms with van der Waals surface area (Å²) in [5.41, 5.74) is 0.187. The summed E-state index contributed by atoms with van der Waals surface area (Å²) in [5, 5.41) is 14.6. The molecule has 0 radical (unpaired) electrons. The molecule has 0 aliphatic carbocycles. The number of hydrazone groups is 1. The molecule has 4 nitrogen and oxygen atoms in total. The van der Waals surface area contributed by atoms with Crippen molar-refractivity contribution in [2.45, 2.75) is 26.9 Å². The fourth-order valence-electron chi connectivity index (χ4n) is 1.32. The maximum atomic E-state index is 8.89. The monoisotopic (exact) mass is 180 g/mol. The van der Waals surface area contributed by atoms with Gasteiger partial charge < -0.3 is 4.90 Å². The Morgan fingerprint density at radius 3 is 2.62 bits per heavy atom. The van der Waals surface area contributed by atoms with E-state index in [4.69, 9.17) is 5.26 Å². The highest BCUT2D eigenvalue weighted by Gasteiger charge is 2.27. The molecule has 1 aliphatic rings. The largest absolute Gasteiger partial charge is 0.327 e. The summed E-state index contributed by atoms with van der Waals surface area (Å²) in [7, 11) is 1.81. The highest BCUT2D eigenvalue weighted by molar-refractivity contribution is 5.58. The van der Waals surface area contributed by atoms with E-state index in [1.807, 2.05) is 11.9 Å². The first-order chi connectivity index (χ1) is 5.94. The zero-order valence-electron chi connectivity index (χ0n) is 8.65. The van der Waals surface area contributed by atoms with Crippen LogP contribution in [0.1, 0.15) is 20.8 Å². The third-order valence-corrected chi connectivity index (χ3v) is 1.82. The highest BCUT2D eigenvalue weighted by atomic mass is 15.6. The van der Waals surface area contributed by atoms with Crippen LogP contribution >= 0.6 is 0 Å². The molecule has 0 aromatic rings. The fourth-order valence-corrected chi connectivity index (χ4v) is 1.32. The number of nitriles is 1. The second kappa shape index (κ2) is 3.25. The lowest BCUT2D eigenvalue weighted by Crippen LogP contribution is -2.41. The molecule has 0 aromatic heterocycles. The maximum Gasteiger partial charge on any atom is 0.207 e. The molecule has 0 saturated carbocycles. The Morgan fingerprint density at radius 1 is 1.54 bits per heavy atom. The molecule has 1 unspecified atom stereocenters. The van der Waals surface area contributed by atoms with Crippen molar-refractivity contribution in [2.75, 3.05) is 13.6 Å². The minimum absolute atomic E-state index is 0.187. The predicted molar refractivity (Wildman–Crippen MR) is 51.8 cm³/mol. The van der Waals surface area contributed by atoms with Crippen molar-refractivity contribution in [3.05, 3.63) is 0 Å². The van der Waals surface area contributed by atoms with E-state index in [0.29, 0.717) is 0 Å². The van der Waals surface area contributed by atoms with Gasteiger partial charge in [0.15, 0.2) is 0 Å². The Labute approximate surface area is 79.4 Å². The molecule has 0 N–H and O–H groups in total. The van der Waals surface area contributed by atoms with E-state index in [9.17, 15) is 0 Å². The Balaban J connectivity index is 2.63. The summed E-state index contributed by atoms with van der Waals surface area (Å²) >= 11 is 0. The molecular weight excluding hydrogens is 164 g/mol. The van der Waals surface area contributed by atoms with Crippen LogP contribution in [0.5, 0.6) is 0 Å². The molecule has 1 heterocycles. The van der Waals surface area contributed by atoms with Gasteiger partial charge in [0.05, 0.1) is 0 Å². The van der Waals surface area contributed by atoms with Crippen LogP contribution in [0.15, 0.2) is 5.10 Å². The molecule has 0 spiro atoms. The van der Waals surface area contributed by atoms with E-state index in [0.717, 1.165) is 6.54 Å². The van der Waals surface area contributed by atoms with Crippen LogP contribution in [0.3, 0.4) is 0 Å². The summed E-state index contributed by atoms with van der Waals surface area (Å²) < 4.78 is 0. The quantitative estimate of drug-likeness (QED) is 0.606. The van der Waals surface area contributed by atoms with Crippen molar-refractivity contribution in [3.63, 3.8) is 0 Å². The van der Waals surface area contributed by atoms with Crippen molar-refractivity contribution in [2.24, 2.45) is 10.5 Å². The van der Waals surface area contributed by atoms with Gasteiger partial charge in [-0.2, -0.15) is 10.4 Å². The van der Waals surface area contributed by atoms with E-state index in [-0.39, 0.29) is 11.6 Å². The van der Waals surface area contributed by atoms with Crippen molar-refractivity contribution in [1.29, 1.82) is 5.26 Å². The van der Waals surface area contributed by atoms with Gasteiger partial charge in [-0.1, -0.05) is 20.8 Å². The van der Waals surface area contributed by atoms with Gasteiger partial charge in [-0.15, -0.1) is 0 Å². The second-order valence-corrected chi connectivity index (χ2v) is 4.54. The normalized spacial score (nSPS) is 22.2. The molecule has 13 heavy (non-hydrogen) atoms. The topological polar surface area (TPSA) is 42.6 Å². The minimum Gasteiger partial charge on any atom is -0.327 e. The summed E-state index contributed by atoms with van der Waals surface area (Å²) in [4.78, 5) is 1.96. The van der Waals surface area contributed by atoms with Gasteiger partial charge in [0.2, 0.25) is 6.17 Å². The standard InChI is InChI=1S/C9H16N4/c1-9(2,3)6-13-7-11-12(4)8(13)5-10/h7-8H,6H2,1-4H3. The lowest BCUT2D eigenvalue weighted by molar-refractivity contribution is 0.173. The van der Waals surface area contributed by atoms with Crippen LogP contribution < -0.4 is 0 Å². The molecule has 0 fully saturated rings. The number of hydrogen-bond donors (Lipinski definition) is 0. The molecule has 1 rings (SSSR count). The molecule has 4 heteroatoms. The summed E-state index contributed by atoms with van der Waals surface area (Å²) in [6, 6.07) is 2.21. The van der Waals surface area contributed by atoms with Gasteiger partial charge in [-0.25, -0.2) is 0 Å². The van der Waals surface area contributed by atoms with E-state index < -0.39 is 0 Å². The van der Waals surface area contributed by atoms with Crippen LogP contribution in [-0.4, -0.2) is 36.0 Å². The van der Waals surface area contributed by atoms with Crippen LogP contribution in [0.25, 0.3) is 0 Å². The van der Waals surface area contributed by atoms with Crippen molar-refractivity contribution < 1.29 is 0 Å². The van der Waals surface area contributed by atoms with Crippen molar-refractivity contribution >= 4 is 6.34 Å². The average molecular weight is 180 g/mol. The van der Waals surface area contributed by atoms with Gasteiger partial charge >= 0.3 is 0 Å². The lowest BCUT2D eigenvalue weighted by Gasteiger charge is -2.29. The Bertz CT molecular complexity index is 245. The van der Waals surface area contributed by atoms with Crippen molar-refractivity contribution in [1.82, 2.24) is 9.91 Å². The summed E-state index contributed by atoms with van der Waals surface area (Å²) in [5.74, 6) is 0. The summed E-state index contributed by atoms with van der Waals surface area (Å²) in [6.07, 6.45) is 1.50. The van der Waals surface area contributed by atoms with Gasteiger partial charge in [-0.3, -0.25) is 5.01 Å². The fraction of sp³-hybridized carbons (Fsp3) is 0.778. The molecule has 72 valence electrons. The minimum atomic E-state index is -0.237. The van der Waals surface area contributed by atoms with Crippen LogP contribution in [0.4, 0.5) is 0 Å². The Hall–Kier alpha value is -1.24. The SMILES string of the molecule is CN1N=CN(CC(C)(C)C)C1C#N. The van der Waals surface area contributed by atoms with Gasteiger partial charge in [0, 0.05) is 13.6 Å². The van der Waals surface area contributed by atoms with E-state index in [2.05, 4.69) is 31.9 Å². The van der Waals surface area contributed by atoms with Crippen molar-refractivity contribution in [3.8, 4) is 6.07 Å². The average Bonchev–Trinajstić information content (AvgIpc) is 2.28. The van der Waals surface area contributed by atoms with E-state index in [1.54, 1.807) is 11.3 Å². The summed E-state index contributed by atoms with van der Waals surface area (Å²) in [6.45, 7) is 7.29. The predicted octanol–water partition coefficient (Wildman–Crippen LogP) is 1.07. The third-order valence-electron chi connectivity index (χ3n) is 1.82. The first-order valence-electron chi connectivity index (χ1n) is 4.36. The molecule has 0 amide bonds. The molecule has 0 saturated heterocycles. The zero-order chi connectivity index (χ0) is 10.1. The second-order valence-electron chi connectivity index (χ2n) is 4.54. The molecule has 1 aliphatic heterocycles. The highest BCUT2D eigenvalue weighted by Crippen LogP contribution is 2.19. The molecular formula is C9H16N4. The molecule has 0 aromatic carbocycles. The van der Waals surface area contributed by atoms with Gasteiger partial charge in [0.25, 0.3) is 0 Å². The van der Waals surface area contributed by atoms with Gasteiger partial charge in [-0.05, 0) is 5.41 Å². The number of hydrogen-bond acceptors (Lipinski definition) is 4. The lowest BCUT2D eigenvalue weighted by atomic mass is 9.96. The van der Waals surface area contributed by atoms with Crippen LogP contribution in [0, 0.1) is 16.7 Å². The number of rotatable bonds is 1. The first kappa shape index (κ1) is 9.85. The Kier molecular flexibility index (Phi) is 2.46. The Morgan fingerprint density at radius 2 is 2.15 bits per heavy atom. The smallest absolute Gasteiger partial charge is 0.207 e. The number of nitrogens with zero attached hydrogens (tertiary/aromatic N) is 4. The van der Waals surface area contributed by atoms with Crippen LogP contribution in [-0.2, 0) is 0 Å².